The van der Waals surface area contributed by atoms with Gasteiger partial charge in [0.1, 0.15) is 0 Å². The fourth-order valence-corrected chi connectivity index (χ4v) is 3.21. The van der Waals surface area contributed by atoms with E-state index in [1.54, 1.807) is 0 Å². The lowest BCUT2D eigenvalue weighted by Crippen LogP contribution is -2.45. The number of ketones is 1. The van der Waals surface area contributed by atoms with Crippen LogP contribution >= 0.6 is 0 Å². The van der Waals surface area contributed by atoms with Crippen molar-refractivity contribution in [2.75, 3.05) is 13.1 Å². The quantitative estimate of drug-likeness (QED) is 0.743. The fraction of sp³-hybridized carbons (Fsp3) is 0.294. The Morgan fingerprint density at radius 2 is 1.90 bits per heavy atom. The lowest BCUT2D eigenvalue weighted by Gasteiger charge is -2.41. The molecule has 3 nitrogen and oxygen atoms in total. The van der Waals surface area contributed by atoms with Crippen LogP contribution in [0.2, 0.25) is 0 Å². The van der Waals surface area contributed by atoms with Gasteiger partial charge in [-0.3, -0.25) is 4.79 Å². The molecule has 0 aliphatic carbocycles. The number of piperidine rings is 3. The minimum Gasteiger partial charge on any atom is -0.369 e. The van der Waals surface area contributed by atoms with Crippen molar-refractivity contribution in [2.45, 2.75) is 12.8 Å². The second-order valence-electron chi connectivity index (χ2n) is 5.58. The van der Waals surface area contributed by atoms with Crippen molar-refractivity contribution in [3.63, 3.8) is 0 Å². The van der Waals surface area contributed by atoms with Gasteiger partial charge in [-0.2, -0.15) is 0 Å². The number of allylic oxidation sites excluding steroid dienone is 1. The van der Waals surface area contributed by atoms with Crippen LogP contribution < -0.4 is 0 Å². The summed E-state index contributed by atoms with van der Waals surface area (Å²) in [4.78, 5) is 19.2. The van der Waals surface area contributed by atoms with Crippen molar-refractivity contribution in [1.29, 1.82) is 0 Å². The summed E-state index contributed by atoms with van der Waals surface area (Å²) in [5.41, 5.74) is 2.71. The molecule has 1 aromatic heterocycles. The zero-order chi connectivity index (χ0) is 13.5. The molecule has 3 heteroatoms. The highest BCUT2D eigenvalue weighted by molar-refractivity contribution is 6.01. The van der Waals surface area contributed by atoms with Gasteiger partial charge in [0.05, 0.1) is 16.9 Å². The predicted octanol–water partition coefficient (Wildman–Crippen LogP) is 2.87. The van der Waals surface area contributed by atoms with Gasteiger partial charge in [-0.15, -0.1) is 0 Å². The van der Waals surface area contributed by atoms with E-state index < -0.39 is 0 Å². The van der Waals surface area contributed by atoms with Crippen molar-refractivity contribution in [3.05, 3.63) is 47.8 Å². The number of benzene rings is 1. The number of carbonyl (C=O) groups is 1. The van der Waals surface area contributed by atoms with Crippen LogP contribution in [-0.4, -0.2) is 28.8 Å². The molecule has 3 fully saturated rings. The van der Waals surface area contributed by atoms with Crippen LogP contribution in [0.4, 0.5) is 0 Å². The van der Waals surface area contributed by atoms with E-state index in [0.29, 0.717) is 5.78 Å². The summed E-state index contributed by atoms with van der Waals surface area (Å²) in [5, 5.41) is 1.13. The number of pyridine rings is 1. The molecule has 3 saturated heterocycles. The Labute approximate surface area is 117 Å². The van der Waals surface area contributed by atoms with Gasteiger partial charge in [0.15, 0.2) is 5.78 Å². The van der Waals surface area contributed by atoms with Crippen LogP contribution in [0.3, 0.4) is 0 Å². The van der Waals surface area contributed by atoms with Gasteiger partial charge in [0.2, 0.25) is 0 Å². The zero-order valence-corrected chi connectivity index (χ0v) is 11.2. The number of hydrogen-bond donors (Lipinski definition) is 0. The van der Waals surface area contributed by atoms with E-state index in [1.807, 2.05) is 30.3 Å². The highest BCUT2D eigenvalue weighted by atomic mass is 16.1. The molecule has 1 aromatic carbocycles. The summed E-state index contributed by atoms with van der Waals surface area (Å²) in [6.45, 7) is 2.02. The molecule has 4 heterocycles. The zero-order valence-electron chi connectivity index (χ0n) is 11.2. The van der Waals surface area contributed by atoms with Crippen LogP contribution in [-0.2, 0) is 4.79 Å². The van der Waals surface area contributed by atoms with E-state index in [9.17, 15) is 4.79 Å². The van der Waals surface area contributed by atoms with Crippen LogP contribution in [0.15, 0.2) is 42.1 Å². The van der Waals surface area contributed by atoms with Gasteiger partial charge in [0.25, 0.3) is 0 Å². The van der Waals surface area contributed by atoms with E-state index in [4.69, 9.17) is 0 Å². The third-order valence-corrected chi connectivity index (χ3v) is 4.36. The van der Waals surface area contributed by atoms with E-state index in [0.717, 1.165) is 48.2 Å². The predicted molar refractivity (Wildman–Crippen MR) is 79.0 cm³/mol. The highest BCUT2D eigenvalue weighted by Crippen LogP contribution is 2.32. The summed E-state index contributed by atoms with van der Waals surface area (Å²) in [6.07, 6.45) is 3.99. The summed E-state index contributed by atoms with van der Waals surface area (Å²) in [6, 6.07) is 12.1. The van der Waals surface area contributed by atoms with Gasteiger partial charge >= 0.3 is 0 Å². The first kappa shape index (κ1) is 11.6. The van der Waals surface area contributed by atoms with Crippen molar-refractivity contribution in [2.24, 2.45) is 5.92 Å². The minimum absolute atomic E-state index is 0.242. The average molecular weight is 264 g/mol. The van der Waals surface area contributed by atoms with Crippen molar-refractivity contribution < 1.29 is 4.79 Å². The second kappa shape index (κ2) is 4.44. The molecule has 0 amide bonds. The number of rotatable bonds is 1. The number of aromatic nitrogens is 1. The molecule has 0 spiro atoms. The molecule has 20 heavy (non-hydrogen) atoms. The Kier molecular flexibility index (Phi) is 2.59. The molecule has 0 atom stereocenters. The number of fused-ring (bicyclic) bond motifs is 4. The molecule has 2 bridgehead atoms. The molecule has 5 rings (SSSR count). The van der Waals surface area contributed by atoms with E-state index in [-0.39, 0.29) is 5.92 Å². The van der Waals surface area contributed by atoms with E-state index in [1.165, 1.54) is 0 Å². The van der Waals surface area contributed by atoms with Crippen molar-refractivity contribution in [3.8, 4) is 0 Å². The summed E-state index contributed by atoms with van der Waals surface area (Å²) in [7, 11) is 0. The Morgan fingerprint density at radius 1 is 1.10 bits per heavy atom. The number of nitrogens with zero attached hydrogens (tertiary/aromatic N) is 2. The highest BCUT2D eigenvalue weighted by Gasteiger charge is 2.36. The van der Waals surface area contributed by atoms with E-state index >= 15 is 0 Å². The maximum absolute atomic E-state index is 12.3. The smallest absolute Gasteiger partial charge is 0.182 e. The van der Waals surface area contributed by atoms with Crippen LogP contribution in [0.25, 0.3) is 17.0 Å². The number of carbonyl (C=O) groups excluding carboxylic acids is 1. The topological polar surface area (TPSA) is 33.2 Å². The van der Waals surface area contributed by atoms with Gasteiger partial charge in [-0.25, -0.2) is 4.98 Å². The molecule has 0 radical (unpaired) electrons. The van der Waals surface area contributed by atoms with Gasteiger partial charge in [0, 0.05) is 24.4 Å². The number of Topliss-reactive ketones (excluding diaryl/α,β-unsaturated/α-hetero) is 1. The lowest BCUT2D eigenvalue weighted by atomic mass is 9.84. The number of hydrogen-bond acceptors (Lipinski definition) is 3. The van der Waals surface area contributed by atoms with Gasteiger partial charge in [-0.1, -0.05) is 24.3 Å². The maximum Gasteiger partial charge on any atom is 0.182 e. The third-order valence-electron chi connectivity index (χ3n) is 4.36. The average Bonchev–Trinajstić information content (AvgIpc) is 2.51. The second-order valence-corrected chi connectivity index (χ2v) is 5.58. The van der Waals surface area contributed by atoms with Gasteiger partial charge in [-0.05, 0) is 31.1 Å². The van der Waals surface area contributed by atoms with Crippen LogP contribution in [0, 0.1) is 5.92 Å². The van der Waals surface area contributed by atoms with Crippen LogP contribution in [0.1, 0.15) is 18.5 Å². The normalized spacial score (nSPS) is 21.1. The Bertz CT molecular complexity index is 712. The maximum atomic E-state index is 12.3. The lowest BCUT2D eigenvalue weighted by molar-refractivity contribution is -0.125. The van der Waals surface area contributed by atoms with Crippen LogP contribution in [0.5, 0.6) is 0 Å². The first-order valence-corrected chi connectivity index (χ1v) is 7.18. The molecule has 0 unspecified atom stereocenters. The molecule has 100 valence electrons. The molecular formula is C17H16N2O. The molecule has 2 aromatic rings. The summed E-state index contributed by atoms with van der Waals surface area (Å²) in [5.74, 6) is 0.546. The summed E-state index contributed by atoms with van der Waals surface area (Å²) >= 11 is 0. The first-order chi connectivity index (χ1) is 9.81. The van der Waals surface area contributed by atoms with Crippen molar-refractivity contribution >= 4 is 22.8 Å². The SMILES string of the molecule is O=C1/C(=C/c2ccc3ccccc3n2)N2CCC1CC2. The van der Waals surface area contributed by atoms with Crippen molar-refractivity contribution in [1.82, 2.24) is 9.88 Å². The van der Waals surface area contributed by atoms with E-state index in [2.05, 4.69) is 22.0 Å². The standard InChI is InChI=1S/C17H16N2O/c20-17-13-7-9-19(10-8-13)16(17)11-14-6-5-12-3-1-2-4-15(12)18-14/h1-6,11,13H,7-10H2/b16-11-. The first-order valence-electron chi connectivity index (χ1n) is 7.18. The molecule has 0 saturated carbocycles. The third kappa shape index (κ3) is 1.82. The largest absolute Gasteiger partial charge is 0.369 e. The minimum atomic E-state index is 0.242. The molecular weight excluding hydrogens is 248 g/mol. The Hall–Kier alpha value is -2.16. The Morgan fingerprint density at radius 3 is 2.70 bits per heavy atom. The fourth-order valence-electron chi connectivity index (χ4n) is 3.21. The molecule has 3 aliphatic rings. The summed E-state index contributed by atoms with van der Waals surface area (Å²) < 4.78 is 0. The molecule has 0 N–H and O–H groups in total. The Balaban J connectivity index is 1.76. The monoisotopic (exact) mass is 264 g/mol. The van der Waals surface area contributed by atoms with Gasteiger partial charge < -0.3 is 4.90 Å². The number of para-hydroxylation sites is 1. The molecule has 3 aliphatic heterocycles.